The molecule has 0 heterocycles. The lowest BCUT2D eigenvalue weighted by atomic mass is 10.9. The first kappa shape index (κ1) is 5.15. The molecule has 0 radical (unpaired) electrons. The Balaban J connectivity index is 2.54. The van der Waals surface area contributed by atoms with E-state index in [0.29, 0.717) is 0 Å². The number of halogens is 1. The van der Waals surface area contributed by atoms with E-state index in [9.17, 15) is 4.39 Å². The first-order valence-electron chi connectivity index (χ1n) is 1.91. The number of rotatable bonds is 1. The van der Waals surface area contributed by atoms with Gasteiger partial charge in [0.1, 0.15) is 0 Å². The molecular weight excluding hydrogens is 83.1 g/mol. The first-order valence-corrected chi connectivity index (χ1v) is 4.14. The van der Waals surface area contributed by atoms with Gasteiger partial charge in [-0.1, -0.05) is 6.55 Å². The van der Waals surface area contributed by atoms with E-state index >= 15 is 0 Å². The minimum absolute atomic E-state index is 0.318. The van der Waals surface area contributed by atoms with Crippen LogP contribution in [0.5, 0.6) is 0 Å². The van der Waals surface area contributed by atoms with Gasteiger partial charge < -0.3 is 0 Å². The Morgan fingerprint density at radius 2 is 2.00 bits per heavy atom. The molecule has 0 saturated carbocycles. The zero-order valence-corrected chi connectivity index (χ0v) is 5.08. The van der Waals surface area contributed by atoms with Crippen molar-refractivity contribution < 1.29 is 4.39 Å². The van der Waals surface area contributed by atoms with Crippen molar-refractivity contribution >= 4 is 9.52 Å². The fraction of sp³-hybridized carbons (Fsp3) is 1.00. The third-order valence-electron chi connectivity index (χ3n) is 0.563. The summed E-state index contributed by atoms with van der Waals surface area (Å²) in [5.74, 6) is -0.477. The van der Waals surface area contributed by atoms with Crippen LogP contribution >= 0.6 is 0 Å². The van der Waals surface area contributed by atoms with Gasteiger partial charge in [0.15, 0.2) is 0 Å². The standard InChI is InChI=1S/C3H9FSi/c1-3(4)5-2/h3H,5H2,1-2H3. The van der Waals surface area contributed by atoms with Gasteiger partial charge in [0.05, 0.1) is 15.3 Å². The van der Waals surface area contributed by atoms with Crippen LogP contribution in [-0.4, -0.2) is 15.3 Å². The van der Waals surface area contributed by atoms with Crippen LogP contribution < -0.4 is 0 Å². The summed E-state index contributed by atoms with van der Waals surface area (Å²) in [7, 11) is -0.318. The van der Waals surface area contributed by atoms with Crippen molar-refractivity contribution in [2.75, 3.05) is 0 Å². The lowest BCUT2D eigenvalue weighted by Gasteiger charge is -1.85. The smallest absolute Gasteiger partial charge is 0.0802 e. The van der Waals surface area contributed by atoms with E-state index in [1.165, 1.54) is 0 Å². The van der Waals surface area contributed by atoms with E-state index in [1.807, 2.05) is 6.55 Å². The summed E-state index contributed by atoms with van der Waals surface area (Å²) in [5, 5.41) is 0. The van der Waals surface area contributed by atoms with Crippen molar-refractivity contribution in [1.29, 1.82) is 0 Å². The summed E-state index contributed by atoms with van der Waals surface area (Å²) in [5.41, 5.74) is 0. The van der Waals surface area contributed by atoms with E-state index in [0.717, 1.165) is 0 Å². The Bertz CT molecular complexity index is 20.9. The Hall–Kier alpha value is 0.147. The van der Waals surface area contributed by atoms with Crippen LogP contribution in [0, 0.1) is 0 Å². The molecule has 1 atom stereocenters. The largest absolute Gasteiger partial charge is 0.252 e. The van der Waals surface area contributed by atoms with Crippen molar-refractivity contribution in [3.8, 4) is 0 Å². The van der Waals surface area contributed by atoms with E-state index in [2.05, 4.69) is 0 Å². The maximum atomic E-state index is 11.5. The van der Waals surface area contributed by atoms with Crippen LogP contribution in [0.4, 0.5) is 4.39 Å². The molecule has 5 heavy (non-hydrogen) atoms. The Labute approximate surface area is 34.2 Å². The summed E-state index contributed by atoms with van der Waals surface area (Å²) >= 11 is 0. The van der Waals surface area contributed by atoms with Crippen molar-refractivity contribution in [2.24, 2.45) is 0 Å². The number of hydrogen-bond acceptors (Lipinski definition) is 0. The highest BCUT2D eigenvalue weighted by molar-refractivity contribution is 6.34. The van der Waals surface area contributed by atoms with Gasteiger partial charge in [-0.25, -0.2) is 0 Å². The molecule has 0 fully saturated rings. The molecule has 1 unspecified atom stereocenters. The van der Waals surface area contributed by atoms with Gasteiger partial charge in [0.2, 0.25) is 0 Å². The molecule has 2 heteroatoms. The normalized spacial score (nSPS) is 17.4. The van der Waals surface area contributed by atoms with Crippen LogP contribution in [0.15, 0.2) is 0 Å². The lowest BCUT2D eigenvalue weighted by Crippen LogP contribution is -1.97. The van der Waals surface area contributed by atoms with Gasteiger partial charge in [0, 0.05) is 0 Å². The topological polar surface area (TPSA) is 0 Å². The molecule has 0 rings (SSSR count). The summed E-state index contributed by atoms with van der Waals surface area (Å²) in [6.45, 7) is 3.58. The predicted octanol–water partition coefficient (Wildman–Crippen LogP) is 0.519. The molecule has 0 aliphatic carbocycles. The first-order chi connectivity index (χ1) is 2.27. The maximum Gasteiger partial charge on any atom is 0.0802 e. The van der Waals surface area contributed by atoms with Crippen LogP contribution in [-0.2, 0) is 0 Å². The summed E-state index contributed by atoms with van der Waals surface area (Å²) < 4.78 is 11.5. The Morgan fingerprint density at radius 1 is 1.80 bits per heavy atom. The molecule has 0 aromatic rings. The van der Waals surface area contributed by atoms with Gasteiger partial charge in [-0.05, 0) is 6.92 Å². The van der Waals surface area contributed by atoms with Crippen LogP contribution in [0.3, 0.4) is 0 Å². The van der Waals surface area contributed by atoms with E-state index in [4.69, 9.17) is 0 Å². The number of hydrogen-bond donors (Lipinski definition) is 0. The van der Waals surface area contributed by atoms with Gasteiger partial charge in [-0.2, -0.15) is 0 Å². The maximum absolute atomic E-state index is 11.5. The lowest BCUT2D eigenvalue weighted by molar-refractivity contribution is 0.469. The van der Waals surface area contributed by atoms with E-state index < -0.39 is 5.79 Å². The quantitative estimate of drug-likeness (QED) is 0.414. The van der Waals surface area contributed by atoms with Gasteiger partial charge in [-0.3, -0.25) is 4.39 Å². The Kier molecular flexibility index (Phi) is 2.46. The zero-order chi connectivity index (χ0) is 4.28. The molecule has 32 valence electrons. The fourth-order valence-electron chi connectivity index (χ4n) is 0. The van der Waals surface area contributed by atoms with Gasteiger partial charge >= 0.3 is 0 Å². The van der Waals surface area contributed by atoms with Crippen LogP contribution in [0.25, 0.3) is 0 Å². The average molecular weight is 92.2 g/mol. The second-order valence-electron chi connectivity index (χ2n) is 1.19. The molecule has 0 N–H and O–H groups in total. The molecule has 0 nitrogen and oxygen atoms in total. The monoisotopic (exact) mass is 92.0 g/mol. The predicted molar refractivity (Wildman–Crippen MR) is 25.0 cm³/mol. The highest BCUT2D eigenvalue weighted by Crippen LogP contribution is 1.79. The molecule has 0 aliphatic heterocycles. The zero-order valence-electron chi connectivity index (χ0n) is 3.66. The summed E-state index contributed by atoms with van der Waals surface area (Å²) in [6, 6.07) is 0. The number of alkyl halides is 1. The highest BCUT2D eigenvalue weighted by atomic mass is 28.2. The molecule has 0 amide bonds. The van der Waals surface area contributed by atoms with E-state index in [-0.39, 0.29) is 9.52 Å². The molecule has 0 saturated heterocycles. The minimum atomic E-state index is -0.477. The molecule has 0 spiro atoms. The second kappa shape index (κ2) is 2.39. The molecule has 0 aromatic heterocycles. The molecule has 0 aliphatic rings. The SMILES string of the molecule is C[SiH2]C(C)F. The van der Waals surface area contributed by atoms with Crippen LogP contribution in [0.2, 0.25) is 6.55 Å². The van der Waals surface area contributed by atoms with Crippen molar-refractivity contribution in [3.63, 3.8) is 0 Å². The molecule has 0 aromatic carbocycles. The Morgan fingerprint density at radius 3 is 2.00 bits per heavy atom. The third-order valence-corrected chi connectivity index (χ3v) is 1.69. The third kappa shape index (κ3) is 4.15. The summed E-state index contributed by atoms with van der Waals surface area (Å²) in [4.78, 5) is 0. The molecule has 0 bridgehead atoms. The fourth-order valence-corrected chi connectivity index (χ4v) is 0. The highest BCUT2D eigenvalue weighted by Gasteiger charge is 1.86. The summed E-state index contributed by atoms with van der Waals surface area (Å²) in [6.07, 6.45) is 0. The van der Waals surface area contributed by atoms with Crippen molar-refractivity contribution in [2.45, 2.75) is 19.3 Å². The van der Waals surface area contributed by atoms with Crippen LogP contribution in [0.1, 0.15) is 6.92 Å². The van der Waals surface area contributed by atoms with Gasteiger partial charge in [-0.15, -0.1) is 0 Å². The average Bonchev–Trinajstić information content (AvgIpc) is 1.38. The van der Waals surface area contributed by atoms with Gasteiger partial charge in [0.25, 0.3) is 0 Å². The van der Waals surface area contributed by atoms with E-state index in [1.54, 1.807) is 6.92 Å². The second-order valence-corrected chi connectivity index (χ2v) is 3.13. The minimum Gasteiger partial charge on any atom is -0.252 e. The van der Waals surface area contributed by atoms with Crippen molar-refractivity contribution in [3.05, 3.63) is 0 Å². The van der Waals surface area contributed by atoms with Crippen molar-refractivity contribution in [1.82, 2.24) is 0 Å². The molecular formula is C3H9FSi.